The Hall–Kier alpha value is -1.15. The van der Waals surface area contributed by atoms with Gasteiger partial charge in [-0.25, -0.2) is 0 Å². The minimum Gasteiger partial charge on any atom is -0.484 e. The van der Waals surface area contributed by atoms with E-state index in [0.29, 0.717) is 24.3 Å². The molecule has 2 heterocycles. The monoisotopic (exact) mass is 493 g/mol. The Morgan fingerprint density at radius 2 is 1.76 bits per heavy atom. The molecule has 154 valence electrons. The summed E-state index contributed by atoms with van der Waals surface area (Å²) in [7, 11) is 0. The standard InChI is InChI=1S/C22H24BrNO3S2/c23-18-6-2-16(3-7-18)20-14-24(10-11-26-20)21(25)15-27-19-8-4-17(5-9-19)22-28-12-1-13-29-22/h2-9,20,22H,1,10-15H2. The Balaban J connectivity index is 1.29. The van der Waals surface area contributed by atoms with Crippen LogP contribution in [0.2, 0.25) is 0 Å². The van der Waals surface area contributed by atoms with E-state index in [0.717, 1.165) is 15.8 Å². The molecule has 0 aromatic heterocycles. The number of carbonyl (C=O) groups excluding carboxylic acids is 1. The molecular formula is C22H24BrNO3S2. The summed E-state index contributed by atoms with van der Waals surface area (Å²) < 4.78 is 13.2. The normalized spacial score (nSPS) is 20.4. The lowest BCUT2D eigenvalue weighted by molar-refractivity contribution is -0.141. The number of amides is 1. The van der Waals surface area contributed by atoms with E-state index < -0.39 is 0 Å². The minimum absolute atomic E-state index is 0.00196. The van der Waals surface area contributed by atoms with E-state index in [1.807, 2.05) is 64.8 Å². The fraction of sp³-hybridized carbons (Fsp3) is 0.409. The Morgan fingerprint density at radius 1 is 1.07 bits per heavy atom. The van der Waals surface area contributed by atoms with Crippen molar-refractivity contribution < 1.29 is 14.3 Å². The van der Waals surface area contributed by atoms with Gasteiger partial charge >= 0.3 is 0 Å². The number of benzene rings is 2. The summed E-state index contributed by atoms with van der Waals surface area (Å²) in [6.45, 7) is 1.75. The number of hydrogen-bond acceptors (Lipinski definition) is 5. The van der Waals surface area contributed by atoms with Crippen molar-refractivity contribution in [2.45, 2.75) is 17.1 Å². The third-order valence-electron chi connectivity index (χ3n) is 5.00. The molecule has 4 nitrogen and oxygen atoms in total. The largest absolute Gasteiger partial charge is 0.484 e. The molecule has 29 heavy (non-hydrogen) atoms. The highest BCUT2D eigenvalue weighted by molar-refractivity contribution is 9.10. The number of thioether (sulfide) groups is 2. The summed E-state index contributed by atoms with van der Waals surface area (Å²) >= 11 is 7.46. The first-order chi connectivity index (χ1) is 14.2. The van der Waals surface area contributed by atoms with Crippen LogP contribution < -0.4 is 4.74 Å². The van der Waals surface area contributed by atoms with Gasteiger partial charge < -0.3 is 14.4 Å². The molecule has 0 radical (unpaired) electrons. The molecule has 2 aliphatic heterocycles. The van der Waals surface area contributed by atoms with Gasteiger partial charge in [0.2, 0.25) is 0 Å². The lowest BCUT2D eigenvalue weighted by Gasteiger charge is -2.33. The molecular weight excluding hydrogens is 470 g/mol. The van der Waals surface area contributed by atoms with Crippen molar-refractivity contribution in [1.29, 1.82) is 0 Å². The fourth-order valence-electron chi connectivity index (χ4n) is 3.39. The van der Waals surface area contributed by atoms with Gasteiger partial charge in [-0.1, -0.05) is 40.2 Å². The quantitative estimate of drug-likeness (QED) is 0.565. The predicted octanol–water partition coefficient (Wildman–Crippen LogP) is 5.30. The Kier molecular flexibility index (Phi) is 7.45. The van der Waals surface area contributed by atoms with Crippen molar-refractivity contribution in [3.63, 3.8) is 0 Å². The van der Waals surface area contributed by atoms with E-state index in [1.165, 1.54) is 23.5 Å². The SMILES string of the molecule is O=C(COc1ccc(C2SCCCS2)cc1)N1CCOC(c2ccc(Br)cc2)C1. The zero-order chi connectivity index (χ0) is 20.1. The molecule has 2 aliphatic rings. The van der Waals surface area contributed by atoms with Crippen molar-refractivity contribution in [2.75, 3.05) is 37.8 Å². The van der Waals surface area contributed by atoms with Gasteiger partial charge in [-0.2, -0.15) is 0 Å². The molecule has 0 spiro atoms. The van der Waals surface area contributed by atoms with Crippen LogP contribution >= 0.6 is 39.5 Å². The first kappa shape index (κ1) is 21.1. The highest BCUT2D eigenvalue weighted by Crippen LogP contribution is 2.43. The van der Waals surface area contributed by atoms with Crippen molar-refractivity contribution in [1.82, 2.24) is 4.90 Å². The van der Waals surface area contributed by atoms with Gasteiger partial charge in [-0.15, -0.1) is 23.5 Å². The van der Waals surface area contributed by atoms with Crippen LogP contribution in [0, 0.1) is 0 Å². The number of nitrogens with zero attached hydrogens (tertiary/aromatic N) is 1. The van der Waals surface area contributed by atoms with Gasteiger partial charge in [0.25, 0.3) is 5.91 Å². The number of morpholine rings is 1. The second-order valence-electron chi connectivity index (χ2n) is 7.04. The van der Waals surface area contributed by atoms with Crippen LogP contribution in [-0.2, 0) is 9.53 Å². The maximum atomic E-state index is 12.6. The maximum Gasteiger partial charge on any atom is 0.260 e. The first-order valence-electron chi connectivity index (χ1n) is 9.80. The van der Waals surface area contributed by atoms with Crippen molar-refractivity contribution in [3.8, 4) is 5.75 Å². The van der Waals surface area contributed by atoms with Crippen LogP contribution in [0.15, 0.2) is 53.0 Å². The summed E-state index contributed by atoms with van der Waals surface area (Å²) in [5, 5.41) is 0. The van der Waals surface area contributed by atoms with Crippen LogP contribution in [0.25, 0.3) is 0 Å². The van der Waals surface area contributed by atoms with Crippen LogP contribution in [0.1, 0.15) is 28.2 Å². The van der Waals surface area contributed by atoms with Crippen molar-refractivity contribution in [3.05, 3.63) is 64.1 Å². The number of rotatable bonds is 5. The van der Waals surface area contributed by atoms with E-state index in [4.69, 9.17) is 9.47 Å². The van der Waals surface area contributed by atoms with Gasteiger partial charge in [0, 0.05) is 11.0 Å². The molecule has 7 heteroatoms. The minimum atomic E-state index is -0.0921. The van der Waals surface area contributed by atoms with E-state index in [9.17, 15) is 4.79 Å². The summed E-state index contributed by atoms with van der Waals surface area (Å²) in [6.07, 6.45) is 1.20. The number of carbonyl (C=O) groups is 1. The lowest BCUT2D eigenvalue weighted by Crippen LogP contribution is -2.44. The molecule has 2 aromatic rings. The average Bonchev–Trinajstić information content (AvgIpc) is 2.79. The van der Waals surface area contributed by atoms with Crippen LogP contribution in [0.4, 0.5) is 0 Å². The van der Waals surface area contributed by atoms with E-state index >= 15 is 0 Å². The lowest BCUT2D eigenvalue weighted by atomic mass is 10.1. The topological polar surface area (TPSA) is 38.8 Å². The molecule has 1 amide bonds. The van der Waals surface area contributed by atoms with Gasteiger partial charge in [0.1, 0.15) is 11.9 Å². The summed E-state index contributed by atoms with van der Waals surface area (Å²) in [5.74, 6) is 3.19. The zero-order valence-electron chi connectivity index (χ0n) is 16.1. The first-order valence-corrected chi connectivity index (χ1v) is 12.7. The molecule has 0 N–H and O–H groups in total. The van der Waals surface area contributed by atoms with Crippen LogP contribution in [0.3, 0.4) is 0 Å². The number of halogens is 1. The summed E-state index contributed by atoms with van der Waals surface area (Å²) in [5.41, 5.74) is 2.41. The molecule has 2 fully saturated rings. The molecule has 0 saturated carbocycles. The molecule has 2 saturated heterocycles. The number of hydrogen-bond donors (Lipinski definition) is 0. The summed E-state index contributed by atoms with van der Waals surface area (Å²) in [4.78, 5) is 14.5. The smallest absolute Gasteiger partial charge is 0.260 e. The van der Waals surface area contributed by atoms with Gasteiger partial charge in [0.15, 0.2) is 6.61 Å². The van der Waals surface area contributed by atoms with Crippen LogP contribution in [0.5, 0.6) is 5.75 Å². The molecule has 1 unspecified atom stereocenters. The highest BCUT2D eigenvalue weighted by Gasteiger charge is 2.25. The molecule has 4 rings (SSSR count). The highest BCUT2D eigenvalue weighted by atomic mass is 79.9. The van der Waals surface area contributed by atoms with Crippen LogP contribution in [-0.4, -0.2) is 48.6 Å². The Labute approximate surface area is 188 Å². The average molecular weight is 494 g/mol. The third-order valence-corrected chi connectivity index (χ3v) is 8.55. The zero-order valence-corrected chi connectivity index (χ0v) is 19.3. The Morgan fingerprint density at radius 3 is 2.48 bits per heavy atom. The van der Waals surface area contributed by atoms with Gasteiger partial charge in [-0.05, 0) is 53.3 Å². The van der Waals surface area contributed by atoms with Crippen molar-refractivity contribution >= 4 is 45.4 Å². The predicted molar refractivity (Wildman–Crippen MR) is 124 cm³/mol. The van der Waals surface area contributed by atoms with Gasteiger partial charge in [-0.3, -0.25) is 4.79 Å². The van der Waals surface area contributed by atoms with Gasteiger partial charge in [0.05, 0.1) is 17.7 Å². The number of ether oxygens (including phenoxy) is 2. The van der Waals surface area contributed by atoms with Crippen molar-refractivity contribution in [2.24, 2.45) is 0 Å². The molecule has 2 aromatic carbocycles. The second-order valence-corrected chi connectivity index (χ2v) is 10.7. The summed E-state index contributed by atoms with van der Waals surface area (Å²) in [6, 6.07) is 16.2. The molecule has 1 atom stereocenters. The molecule has 0 aliphatic carbocycles. The third kappa shape index (κ3) is 5.72. The second kappa shape index (κ2) is 10.2. The molecule has 0 bridgehead atoms. The Bertz CT molecular complexity index is 810. The van der Waals surface area contributed by atoms with E-state index in [1.54, 1.807) is 0 Å². The van der Waals surface area contributed by atoms with E-state index in [-0.39, 0.29) is 18.6 Å². The maximum absolute atomic E-state index is 12.6. The van der Waals surface area contributed by atoms with E-state index in [2.05, 4.69) is 28.1 Å². The fourth-order valence-corrected chi connectivity index (χ4v) is 6.55.